The first-order valence-electron chi connectivity index (χ1n) is 5.24. The molecule has 0 bridgehead atoms. The molecule has 1 aromatic carbocycles. The second kappa shape index (κ2) is 5.68. The van der Waals surface area contributed by atoms with Crippen LogP contribution in [0, 0.1) is 22.7 Å². The minimum atomic E-state index is 0.301. The van der Waals surface area contributed by atoms with Gasteiger partial charge >= 0.3 is 0 Å². The number of nitrogens with zero attached hydrogens (tertiary/aromatic N) is 2. The molecule has 1 rings (SSSR count). The molecule has 0 radical (unpaired) electrons. The van der Waals surface area contributed by atoms with E-state index >= 15 is 0 Å². The van der Waals surface area contributed by atoms with Crippen molar-refractivity contribution in [2.75, 3.05) is 0 Å². The minimum Gasteiger partial charge on any atom is -0.198 e. The fourth-order valence-electron chi connectivity index (χ4n) is 1.76. The smallest absolute Gasteiger partial charge is 0.101 e. The highest BCUT2D eigenvalue weighted by Crippen LogP contribution is 2.31. The quantitative estimate of drug-likeness (QED) is 0.841. The van der Waals surface area contributed by atoms with E-state index in [4.69, 9.17) is 5.26 Å². The van der Waals surface area contributed by atoms with Gasteiger partial charge in [0.1, 0.15) is 6.07 Å². The summed E-state index contributed by atoms with van der Waals surface area (Å²) in [7, 11) is 0. The van der Waals surface area contributed by atoms with Crippen molar-refractivity contribution in [2.45, 2.75) is 32.6 Å². The third-order valence-corrected chi connectivity index (χ3v) is 3.43. The van der Waals surface area contributed by atoms with E-state index in [1.165, 1.54) is 0 Å². The van der Waals surface area contributed by atoms with Gasteiger partial charge in [-0.25, -0.2) is 0 Å². The summed E-state index contributed by atoms with van der Waals surface area (Å²) in [6.45, 7) is 4.17. The predicted octanol–water partition coefficient (Wildman–Crippen LogP) is 3.90. The first-order valence-corrected chi connectivity index (χ1v) is 6.03. The monoisotopic (exact) mass is 276 g/mol. The van der Waals surface area contributed by atoms with E-state index in [-0.39, 0.29) is 0 Å². The van der Waals surface area contributed by atoms with Gasteiger partial charge in [-0.3, -0.25) is 0 Å². The van der Waals surface area contributed by atoms with Crippen molar-refractivity contribution in [1.29, 1.82) is 10.5 Å². The standard InChI is InChI=1S/C13H13BrN2/c1-3-9(2)13-10(6-7-15)4-5-12(14)11(13)8-16/h4-5,9H,3,6H2,1-2H3. The molecule has 0 aliphatic carbocycles. The maximum absolute atomic E-state index is 9.17. The zero-order valence-electron chi connectivity index (χ0n) is 9.42. The van der Waals surface area contributed by atoms with E-state index in [2.05, 4.69) is 41.9 Å². The number of nitriles is 2. The van der Waals surface area contributed by atoms with E-state index in [0.29, 0.717) is 17.9 Å². The Morgan fingerprint density at radius 2 is 2.06 bits per heavy atom. The lowest BCUT2D eigenvalue weighted by Crippen LogP contribution is -2.02. The summed E-state index contributed by atoms with van der Waals surface area (Å²) < 4.78 is 0.812. The van der Waals surface area contributed by atoms with Gasteiger partial charge in [0.2, 0.25) is 0 Å². The van der Waals surface area contributed by atoms with Crippen LogP contribution in [0.5, 0.6) is 0 Å². The van der Waals surface area contributed by atoms with Crippen molar-refractivity contribution in [1.82, 2.24) is 0 Å². The van der Waals surface area contributed by atoms with E-state index < -0.39 is 0 Å². The van der Waals surface area contributed by atoms with Crippen LogP contribution in [0.3, 0.4) is 0 Å². The molecule has 2 nitrogen and oxygen atoms in total. The third-order valence-electron chi connectivity index (χ3n) is 2.77. The van der Waals surface area contributed by atoms with Gasteiger partial charge in [0, 0.05) is 4.47 Å². The van der Waals surface area contributed by atoms with Crippen molar-refractivity contribution >= 4 is 15.9 Å². The van der Waals surface area contributed by atoms with Gasteiger partial charge in [0.05, 0.1) is 18.1 Å². The predicted molar refractivity (Wildman–Crippen MR) is 66.9 cm³/mol. The molecule has 1 atom stereocenters. The van der Waals surface area contributed by atoms with E-state index in [1.807, 2.05) is 12.1 Å². The SMILES string of the molecule is CCC(C)c1c(CC#N)ccc(Br)c1C#N. The second-order valence-corrected chi connectivity index (χ2v) is 4.61. The third kappa shape index (κ3) is 2.43. The molecule has 0 heterocycles. The summed E-state index contributed by atoms with van der Waals surface area (Å²) in [5.74, 6) is 0.301. The average molecular weight is 277 g/mol. The van der Waals surface area contributed by atoms with Crippen LogP contribution in [0.4, 0.5) is 0 Å². The molecule has 82 valence electrons. The summed E-state index contributed by atoms with van der Waals surface area (Å²) in [5.41, 5.74) is 2.65. The summed E-state index contributed by atoms with van der Waals surface area (Å²) in [6.07, 6.45) is 1.32. The van der Waals surface area contributed by atoms with Crippen molar-refractivity contribution in [3.8, 4) is 12.1 Å². The topological polar surface area (TPSA) is 47.6 Å². The highest BCUT2D eigenvalue weighted by Gasteiger charge is 2.16. The van der Waals surface area contributed by atoms with Gasteiger partial charge in [-0.05, 0) is 45.5 Å². The fourth-order valence-corrected chi connectivity index (χ4v) is 2.19. The molecule has 0 amide bonds. The van der Waals surface area contributed by atoms with Crippen LogP contribution in [0.25, 0.3) is 0 Å². The molecule has 0 spiro atoms. The largest absolute Gasteiger partial charge is 0.198 e. The van der Waals surface area contributed by atoms with Crippen LogP contribution in [-0.4, -0.2) is 0 Å². The van der Waals surface area contributed by atoms with Crippen molar-refractivity contribution in [2.24, 2.45) is 0 Å². The molecule has 1 aromatic rings. The second-order valence-electron chi connectivity index (χ2n) is 3.75. The Balaban J connectivity index is 3.43. The Hall–Kier alpha value is -1.32. The van der Waals surface area contributed by atoms with E-state index in [1.54, 1.807) is 0 Å². The van der Waals surface area contributed by atoms with E-state index in [9.17, 15) is 5.26 Å². The van der Waals surface area contributed by atoms with Gasteiger partial charge in [0.15, 0.2) is 0 Å². The van der Waals surface area contributed by atoms with Crippen LogP contribution >= 0.6 is 15.9 Å². The van der Waals surface area contributed by atoms with E-state index in [0.717, 1.165) is 22.0 Å². The molecular formula is C13H13BrN2. The number of hydrogen-bond acceptors (Lipinski definition) is 2. The first kappa shape index (κ1) is 12.7. The molecule has 0 N–H and O–H groups in total. The minimum absolute atomic E-state index is 0.301. The van der Waals surface area contributed by atoms with Gasteiger partial charge in [0.25, 0.3) is 0 Å². The highest BCUT2D eigenvalue weighted by molar-refractivity contribution is 9.10. The first-order chi connectivity index (χ1) is 7.65. The zero-order valence-corrected chi connectivity index (χ0v) is 11.0. The number of benzene rings is 1. The van der Waals surface area contributed by atoms with Crippen LogP contribution in [-0.2, 0) is 6.42 Å². The lowest BCUT2D eigenvalue weighted by Gasteiger charge is -2.16. The molecule has 0 fully saturated rings. The molecule has 0 saturated carbocycles. The molecule has 0 saturated heterocycles. The molecule has 16 heavy (non-hydrogen) atoms. The van der Waals surface area contributed by atoms with Crippen LogP contribution in [0.1, 0.15) is 42.9 Å². The molecule has 0 aromatic heterocycles. The molecule has 3 heteroatoms. The van der Waals surface area contributed by atoms with Crippen LogP contribution in [0.2, 0.25) is 0 Å². The van der Waals surface area contributed by atoms with Crippen LogP contribution in [0.15, 0.2) is 16.6 Å². The van der Waals surface area contributed by atoms with Gasteiger partial charge in [-0.15, -0.1) is 0 Å². The molecule has 0 aliphatic rings. The Morgan fingerprint density at radius 1 is 1.38 bits per heavy atom. The fraction of sp³-hybridized carbons (Fsp3) is 0.385. The normalized spacial score (nSPS) is 11.6. The maximum atomic E-state index is 9.17. The van der Waals surface area contributed by atoms with Crippen molar-refractivity contribution < 1.29 is 0 Å². The zero-order chi connectivity index (χ0) is 12.1. The summed E-state index contributed by atoms with van der Waals surface area (Å²) in [6, 6.07) is 8.14. The maximum Gasteiger partial charge on any atom is 0.101 e. The Labute approximate surface area is 105 Å². The molecular weight excluding hydrogens is 264 g/mol. The molecule has 0 aliphatic heterocycles. The van der Waals surface area contributed by atoms with Gasteiger partial charge in [-0.2, -0.15) is 10.5 Å². The number of hydrogen-bond donors (Lipinski definition) is 0. The summed E-state index contributed by atoms with van der Waals surface area (Å²) >= 11 is 3.38. The highest BCUT2D eigenvalue weighted by atomic mass is 79.9. The van der Waals surface area contributed by atoms with Gasteiger partial charge in [-0.1, -0.05) is 19.9 Å². The lowest BCUT2D eigenvalue weighted by atomic mass is 9.88. The average Bonchev–Trinajstić information content (AvgIpc) is 2.30. The summed E-state index contributed by atoms with van der Waals surface area (Å²) in [5, 5.41) is 18.0. The lowest BCUT2D eigenvalue weighted by molar-refractivity contribution is 0.723. The Morgan fingerprint density at radius 3 is 2.56 bits per heavy atom. The summed E-state index contributed by atoms with van der Waals surface area (Å²) in [4.78, 5) is 0. The Bertz CT molecular complexity index is 466. The molecule has 1 unspecified atom stereocenters. The van der Waals surface area contributed by atoms with Crippen LogP contribution < -0.4 is 0 Å². The Kier molecular flexibility index (Phi) is 4.52. The van der Waals surface area contributed by atoms with Crippen molar-refractivity contribution in [3.63, 3.8) is 0 Å². The number of rotatable bonds is 3. The van der Waals surface area contributed by atoms with Crippen molar-refractivity contribution in [3.05, 3.63) is 33.3 Å². The number of halogens is 1. The van der Waals surface area contributed by atoms with Gasteiger partial charge < -0.3 is 0 Å².